The molecule has 88 valence electrons. The summed E-state index contributed by atoms with van der Waals surface area (Å²) in [4.78, 5) is 21.8. The number of hydrogen-bond donors (Lipinski definition) is 2. The zero-order valence-corrected chi connectivity index (χ0v) is 9.91. The molecule has 0 aromatic rings. The summed E-state index contributed by atoms with van der Waals surface area (Å²) in [6.07, 6.45) is 0.356. The topological polar surface area (TPSA) is 66.4 Å². The van der Waals surface area contributed by atoms with Gasteiger partial charge in [0.05, 0.1) is 40.2 Å². The van der Waals surface area contributed by atoms with Crippen molar-refractivity contribution in [3.8, 4) is 0 Å². The lowest BCUT2D eigenvalue weighted by Crippen LogP contribution is -2.49. The van der Waals surface area contributed by atoms with E-state index in [1.54, 1.807) is 6.92 Å². The van der Waals surface area contributed by atoms with Crippen molar-refractivity contribution in [3.05, 3.63) is 0 Å². The van der Waals surface area contributed by atoms with Crippen LogP contribution in [0.5, 0.6) is 0 Å². The number of likely N-dealkylation sites (N-methyl/N-ethyl adjacent to an activating group) is 1. The molecule has 0 aromatic carbocycles. The minimum absolute atomic E-state index is 0.0265. The Kier molecular flexibility index (Phi) is 5.28. The molecule has 2 N–H and O–H groups in total. The number of aliphatic carboxylic acids is 1. The van der Waals surface area contributed by atoms with E-state index < -0.39 is 5.97 Å². The maximum absolute atomic E-state index is 11.2. The van der Waals surface area contributed by atoms with Crippen molar-refractivity contribution < 1.29 is 19.2 Å². The average Bonchev–Trinajstić information content (AvgIpc) is 1.99. The van der Waals surface area contributed by atoms with E-state index in [0.29, 0.717) is 17.4 Å². The van der Waals surface area contributed by atoms with Gasteiger partial charge >= 0.3 is 5.97 Å². The molecule has 1 atom stereocenters. The monoisotopic (exact) mass is 217 g/mol. The lowest BCUT2D eigenvalue weighted by molar-refractivity contribution is -0.871. The molecule has 0 aliphatic rings. The van der Waals surface area contributed by atoms with Crippen LogP contribution in [0.2, 0.25) is 0 Å². The third-order valence-electron chi connectivity index (χ3n) is 1.88. The molecular weight excluding hydrogens is 196 g/mol. The molecule has 5 heteroatoms. The summed E-state index contributed by atoms with van der Waals surface area (Å²) in [6, 6.07) is -0.296. The van der Waals surface area contributed by atoms with Gasteiger partial charge in [-0.25, -0.2) is 0 Å². The lowest BCUT2D eigenvalue weighted by atomic mass is 10.2. The number of quaternary nitrogens is 1. The van der Waals surface area contributed by atoms with Gasteiger partial charge in [-0.05, 0) is 0 Å². The zero-order chi connectivity index (χ0) is 12.1. The number of nitrogens with one attached hydrogen (secondary N) is 1. The second kappa shape index (κ2) is 5.70. The Morgan fingerprint density at radius 2 is 1.87 bits per heavy atom. The molecule has 0 fully saturated rings. The van der Waals surface area contributed by atoms with Gasteiger partial charge in [-0.2, -0.15) is 0 Å². The first-order valence-corrected chi connectivity index (χ1v) is 5.06. The van der Waals surface area contributed by atoms with Crippen molar-refractivity contribution in [3.63, 3.8) is 0 Å². The molecule has 0 rings (SSSR count). The highest BCUT2D eigenvalue weighted by atomic mass is 16.4. The SMILES string of the molecule is CCC(=O)NC(CC(=O)O)C[N+](C)(C)C. The van der Waals surface area contributed by atoms with Gasteiger partial charge in [0.25, 0.3) is 0 Å². The second-order valence-electron chi connectivity index (χ2n) is 4.69. The number of carbonyl (C=O) groups excluding carboxylic acids is 1. The molecule has 0 saturated heterocycles. The van der Waals surface area contributed by atoms with Crippen LogP contribution in [-0.4, -0.2) is 55.2 Å². The van der Waals surface area contributed by atoms with E-state index in [1.165, 1.54) is 0 Å². The molecule has 0 aromatic heterocycles. The first-order chi connectivity index (χ1) is 6.74. The summed E-state index contributed by atoms with van der Waals surface area (Å²) >= 11 is 0. The maximum Gasteiger partial charge on any atom is 0.305 e. The molecule has 0 aliphatic carbocycles. The number of amides is 1. The maximum atomic E-state index is 11.2. The van der Waals surface area contributed by atoms with Crippen LogP contribution in [-0.2, 0) is 9.59 Å². The third kappa shape index (κ3) is 7.93. The first-order valence-electron chi connectivity index (χ1n) is 5.06. The van der Waals surface area contributed by atoms with Crippen LogP contribution >= 0.6 is 0 Å². The van der Waals surface area contributed by atoms with Crippen LogP contribution in [0.25, 0.3) is 0 Å². The first kappa shape index (κ1) is 13.9. The fourth-order valence-electron chi connectivity index (χ4n) is 1.36. The summed E-state index contributed by atoms with van der Waals surface area (Å²) in [5.74, 6) is -0.987. The average molecular weight is 217 g/mol. The van der Waals surface area contributed by atoms with Gasteiger partial charge in [0.2, 0.25) is 5.91 Å². The third-order valence-corrected chi connectivity index (χ3v) is 1.88. The fourth-order valence-corrected chi connectivity index (χ4v) is 1.36. The molecule has 0 spiro atoms. The molecule has 15 heavy (non-hydrogen) atoms. The molecule has 1 amide bonds. The number of rotatable bonds is 6. The summed E-state index contributed by atoms with van der Waals surface area (Å²) in [7, 11) is 5.90. The van der Waals surface area contributed by atoms with Gasteiger partial charge < -0.3 is 14.9 Å². The van der Waals surface area contributed by atoms with Crippen molar-refractivity contribution in [1.29, 1.82) is 0 Å². The summed E-state index contributed by atoms with van der Waals surface area (Å²) in [5, 5.41) is 11.4. The summed E-state index contributed by atoms with van der Waals surface area (Å²) in [5.41, 5.74) is 0. The van der Waals surface area contributed by atoms with E-state index in [0.717, 1.165) is 0 Å². The van der Waals surface area contributed by atoms with Crippen molar-refractivity contribution in [1.82, 2.24) is 5.32 Å². The highest BCUT2D eigenvalue weighted by molar-refractivity contribution is 5.77. The normalized spacial score (nSPS) is 13.3. The van der Waals surface area contributed by atoms with Crippen molar-refractivity contribution in [2.24, 2.45) is 0 Å². The predicted octanol–water partition coefficient (Wildman–Crippen LogP) is 0.0621. The van der Waals surface area contributed by atoms with Crippen molar-refractivity contribution in [2.45, 2.75) is 25.8 Å². The van der Waals surface area contributed by atoms with Gasteiger partial charge in [0, 0.05) is 6.42 Å². The second-order valence-corrected chi connectivity index (χ2v) is 4.69. The van der Waals surface area contributed by atoms with Crippen molar-refractivity contribution in [2.75, 3.05) is 27.7 Å². The van der Waals surface area contributed by atoms with E-state index in [9.17, 15) is 9.59 Å². The van der Waals surface area contributed by atoms with Gasteiger partial charge in [0.15, 0.2) is 0 Å². The van der Waals surface area contributed by atoms with Crippen LogP contribution in [0.3, 0.4) is 0 Å². The summed E-state index contributed by atoms with van der Waals surface area (Å²) < 4.78 is 0.627. The molecule has 0 radical (unpaired) electrons. The number of hydrogen-bond acceptors (Lipinski definition) is 2. The Morgan fingerprint density at radius 3 is 2.20 bits per heavy atom. The van der Waals surface area contributed by atoms with E-state index in [2.05, 4.69) is 5.32 Å². The Hall–Kier alpha value is -1.10. The fraction of sp³-hybridized carbons (Fsp3) is 0.800. The molecule has 0 aliphatic heterocycles. The predicted molar refractivity (Wildman–Crippen MR) is 57.4 cm³/mol. The molecule has 0 bridgehead atoms. The van der Waals surface area contributed by atoms with E-state index in [-0.39, 0.29) is 18.4 Å². The minimum Gasteiger partial charge on any atom is -0.481 e. The molecular formula is C10H21N2O3+. The van der Waals surface area contributed by atoms with Gasteiger partial charge in [-0.15, -0.1) is 0 Å². The van der Waals surface area contributed by atoms with Gasteiger partial charge in [-0.1, -0.05) is 6.92 Å². The van der Waals surface area contributed by atoms with E-state index in [1.807, 2.05) is 21.1 Å². The van der Waals surface area contributed by atoms with E-state index in [4.69, 9.17) is 5.11 Å². The molecule has 0 saturated carbocycles. The smallest absolute Gasteiger partial charge is 0.305 e. The largest absolute Gasteiger partial charge is 0.481 e. The Bertz CT molecular complexity index is 233. The zero-order valence-electron chi connectivity index (χ0n) is 9.91. The standard InChI is InChI=1S/C10H20N2O3/c1-5-9(13)11-8(6-10(14)15)7-12(2,3)4/h8H,5-7H2,1-4H3,(H-,11,13,14,15)/p+1. The van der Waals surface area contributed by atoms with Crippen LogP contribution in [0.4, 0.5) is 0 Å². The van der Waals surface area contributed by atoms with Crippen LogP contribution in [0.1, 0.15) is 19.8 Å². The highest BCUT2D eigenvalue weighted by Crippen LogP contribution is 2.00. The Morgan fingerprint density at radius 1 is 1.33 bits per heavy atom. The molecule has 1 unspecified atom stereocenters. The lowest BCUT2D eigenvalue weighted by Gasteiger charge is -2.29. The summed E-state index contributed by atoms with van der Waals surface area (Å²) in [6.45, 7) is 2.36. The van der Waals surface area contributed by atoms with Crippen LogP contribution < -0.4 is 5.32 Å². The highest BCUT2D eigenvalue weighted by Gasteiger charge is 2.21. The van der Waals surface area contributed by atoms with Crippen LogP contribution in [0, 0.1) is 0 Å². The van der Waals surface area contributed by atoms with Crippen molar-refractivity contribution >= 4 is 11.9 Å². The minimum atomic E-state index is -0.884. The number of nitrogens with zero attached hydrogens (tertiary/aromatic N) is 1. The van der Waals surface area contributed by atoms with Crippen LogP contribution in [0.15, 0.2) is 0 Å². The van der Waals surface area contributed by atoms with E-state index >= 15 is 0 Å². The number of carboxylic acid groups (broad SMARTS) is 1. The molecule has 5 nitrogen and oxygen atoms in total. The molecule has 0 heterocycles. The quantitative estimate of drug-likeness (QED) is 0.618. The number of carboxylic acids is 1. The Labute approximate surface area is 90.7 Å². The van der Waals surface area contributed by atoms with Gasteiger partial charge in [-0.3, -0.25) is 9.59 Å². The number of carbonyl (C=O) groups is 2. The van der Waals surface area contributed by atoms with Gasteiger partial charge in [0.1, 0.15) is 0 Å². The Balaban J connectivity index is 4.31.